The minimum Gasteiger partial charge on any atom is -0.366 e. The quantitative estimate of drug-likeness (QED) is 0.472. The number of hydrogen-bond acceptors (Lipinski definition) is 1. The predicted octanol–water partition coefficient (Wildman–Crippen LogP) is 8.20. The molecule has 3 aliphatic rings. The summed E-state index contributed by atoms with van der Waals surface area (Å²) in [5, 5.41) is 0. The Hall–Kier alpha value is -1.57. The molecule has 2 aliphatic carbocycles. The topological polar surface area (TPSA) is 3.24 Å². The number of allylic oxidation sites excluding steroid dienone is 3. The summed E-state index contributed by atoms with van der Waals surface area (Å²) in [6, 6.07) is 5.59. The smallest absolute Gasteiger partial charge is 0.125 e. The van der Waals surface area contributed by atoms with Crippen molar-refractivity contribution in [1.82, 2.24) is 0 Å². The van der Waals surface area contributed by atoms with Crippen LogP contribution in [0.1, 0.15) is 91.0 Å². The third kappa shape index (κ3) is 5.18. The second kappa shape index (κ2) is 10.6. The maximum Gasteiger partial charge on any atom is 0.125 e. The molecule has 2 heteroatoms. The lowest BCUT2D eigenvalue weighted by Gasteiger charge is -2.30. The average molecular weight is 412 g/mol. The molecule has 166 valence electrons. The molecule has 1 fully saturated rings. The Labute approximate surface area is 184 Å². The van der Waals surface area contributed by atoms with Crippen LogP contribution in [0.3, 0.4) is 0 Å². The van der Waals surface area contributed by atoms with Crippen LogP contribution in [-0.2, 0) is 5.41 Å². The van der Waals surface area contributed by atoms with Crippen LogP contribution in [0.4, 0.5) is 10.1 Å². The molecule has 1 aromatic rings. The molecule has 4 rings (SSSR count). The van der Waals surface area contributed by atoms with Crippen molar-refractivity contribution in [3.63, 3.8) is 0 Å². The zero-order chi connectivity index (χ0) is 21.6. The molecule has 0 radical (unpaired) electrons. The van der Waals surface area contributed by atoms with Gasteiger partial charge in [-0.25, -0.2) is 4.39 Å². The molecule has 1 heterocycles. The van der Waals surface area contributed by atoms with Gasteiger partial charge in [0.1, 0.15) is 5.82 Å². The van der Waals surface area contributed by atoms with Gasteiger partial charge in [-0.05, 0) is 55.2 Å². The molecular weight excluding hydrogens is 369 g/mol. The zero-order valence-electron chi connectivity index (χ0n) is 19.7. The predicted molar refractivity (Wildman–Crippen MR) is 129 cm³/mol. The first-order valence-electron chi connectivity index (χ1n) is 12.5. The van der Waals surface area contributed by atoms with Gasteiger partial charge in [0.05, 0.1) is 0 Å². The van der Waals surface area contributed by atoms with E-state index in [0.717, 1.165) is 31.1 Å². The second-order valence-corrected chi connectivity index (χ2v) is 9.63. The van der Waals surface area contributed by atoms with Crippen molar-refractivity contribution >= 4 is 5.69 Å². The number of fused-ring (bicyclic) bond motifs is 2. The average Bonchev–Trinajstić information content (AvgIpc) is 2.89. The van der Waals surface area contributed by atoms with E-state index in [0.29, 0.717) is 5.92 Å². The summed E-state index contributed by atoms with van der Waals surface area (Å²) in [6.07, 6.45) is 18.5. The monoisotopic (exact) mass is 411 g/mol. The van der Waals surface area contributed by atoms with Gasteiger partial charge in [-0.15, -0.1) is 0 Å². The van der Waals surface area contributed by atoms with Crippen molar-refractivity contribution in [1.29, 1.82) is 0 Å². The Morgan fingerprint density at radius 2 is 2.00 bits per heavy atom. The highest BCUT2D eigenvalue weighted by molar-refractivity contribution is 5.64. The van der Waals surface area contributed by atoms with E-state index >= 15 is 0 Å². The first-order chi connectivity index (χ1) is 14.6. The highest BCUT2D eigenvalue weighted by atomic mass is 19.1. The fraction of sp³-hybridized carbons (Fsp3) is 0.643. The molecule has 1 aromatic carbocycles. The Morgan fingerprint density at radius 1 is 1.17 bits per heavy atom. The van der Waals surface area contributed by atoms with Gasteiger partial charge in [-0.3, -0.25) is 0 Å². The molecule has 0 bridgehead atoms. The lowest BCUT2D eigenvalue weighted by atomic mass is 9.75. The van der Waals surface area contributed by atoms with Crippen LogP contribution in [0.5, 0.6) is 0 Å². The number of unbranched alkanes of at least 4 members (excludes halogenated alkanes) is 1. The van der Waals surface area contributed by atoms with Gasteiger partial charge in [0.2, 0.25) is 0 Å². The highest BCUT2D eigenvalue weighted by Gasteiger charge is 2.43. The van der Waals surface area contributed by atoms with E-state index in [1.54, 1.807) is 12.1 Å². The molecule has 30 heavy (non-hydrogen) atoms. The minimum absolute atomic E-state index is 0.0962. The SMILES string of the molecule is CC.CCCCC1CCCC2(CC1)CN(CC1=CC=CC(C)C1)c1cc(F)ccc12. The van der Waals surface area contributed by atoms with E-state index in [-0.39, 0.29) is 11.2 Å². The van der Waals surface area contributed by atoms with Crippen molar-refractivity contribution in [3.05, 3.63) is 53.4 Å². The van der Waals surface area contributed by atoms with Gasteiger partial charge in [-0.2, -0.15) is 0 Å². The number of hydrogen-bond donors (Lipinski definition) is 0. The van der Waals surface area contributed by atoms with Crippen LogP contribution >= 0.6 is 0 Å². The zero-order valence-corrected chi connectivity index (χ0v) is 19.7. The van der Waals surface area contributed by atoms with E-state index in [1.807, 2.05) is 13.8 Å². The number of halogens is 1. The number of rotatable bonds is 5. The largest absolute Gasteiger partial charge is 0.366 e. The summed E-state index contributed by atoms with van der Waals surface area (Å²) in [5.74, 6) is 1.41. The van der Waals surface area contributed by atoms with E-state index in [9.17, 15) is 4.39 Å². The summed E-state index contributed by atoms with van der Waals surface area (Å²) >= 11 is 0. The molecule has 0 N–H and O–H groups in total. The molecule has 0 amide bonds. The van der Waals surface area contributed by atoms with Crippen molar-refractivity contribution < 1.29 is 4.39 Å². The van der Waals surface area contributed by atoms with Crippen LogP contribution in [0.25, 0.3) is 0 Å². The molecule has 0 aromatic heterocycles. The van der Waals surface area contributed by atoms with E-state index < -0.39 is 0 Å². The van der Waals surface area contributed by atoms with Crippen molar-refractivity contribution in [2.45, 2.75) is 90.9 Å². The molecule has 1 nitrogen and oxygen atoms in total. The van der Waals surface area contributed by atoms with Gasteiger partial charge in [0.15, 0.2) is 0 Å². The van der Waals surface area contributed by atoms with Crippen LogP contribution in [0, 0.1) is 17.7 Å². The van der Waals surface area contributed by atoms with E-state index in [1.165, 1.54) is 62.5 Å². The van der Waals surface area contributed by atoms with Gasteiger partial charge in [0.25, 0.3) is 0 Å². The Morgan fingerprint density at radius 3 is 2.77 bits per heavy atom. The maximum atomic E-state index is 14.2. The standard InChI is InChI=1S/C26H36FN.C2H6/c1-3-4-8-21-10-6-14-26(15-13-21)19-28(18-22-9-5-7-20(2)16-22)25-17-23(27)11-12-24(25)26;1-2/h5,7,9,11-12,17,20-21H,3-4,6,8,10,13-16,18-19H2,1-2H3;1-2H3. The van der Waals surface area contributed by atoms with Crippen molar-refractivity contribution in [2.24, 2.45) is 11.8 Å². The minimum atomic E-state index is -0.0962. The normalized spacial score (nSPS) is 27.9. The summed E-state index contributed by atoms with van der Waals surface area (Å²) in [4.78, 5) is 2.49. The van der Waals surface area contributed by atoms with Gasteiger partial charge in [-0.1, -0.05) is 89.7 Å². The Kier molecular flexibility index (Phi) is 8.20. The van der Waals surface area contributed by atoms with E-state index in [4.69, 9.17) is 0 Å². The summed E-state index contributed by atoms with van der Waals surface area (Å²) < 4.78 is 14.2. The fourth-order valence-corrected chi connectivity index (χ4v) is 5.87. The Bertz CT molecular complexity index is 749. The number of nitrogens with zero attached hydrogens (tertiary/aromatic N) is 1. The van der Waals surface area contributed by atoms with Crippen LogP contribution in [0.15, 0.2) is 42.0 Å². The third-order valence-corrected chi connectivity index (χ3v) is 7.38. The van der Waals surface area contributed by atoms with Gasteiger partial charge >= 0.3 is 0 Å². The molecule has 3 atom stereocenters. The van der Waals surface area contributed by atoms with Crippen molar-refractivity contribution in [3.8, 4) is 0 Å². The molecule has 0 saturated heterocycles. The second-order valence-electron chi connectivity index (χ2n) is 9.63. The lowest BCUT2D eigenvalue weighted by molar-refractivity contribution is 0.371. The van der Waals surface area contributed by atoms with Gasteiger partial charge in [0, 0.05) is 24.2 Å². The molecule has 1 aliphatic heterocycles. The number of anilines is 1. The first kappa shape index (κ1) is 23.1. The molecular formula is C28H42FN. The van der Waals surface area contributed by atoms with Crippen LogP contribution < -0.4 is 4.90 Å². The van der Waals surface area contributed by atoms with E-state index in [2.05, 4.69) is 43.0 Å². The molecule has 1 saturated carbocycles. The maximum absolute atomic E-state index is 14.2. The highest BCUT2D eigenvalue weighted by Crippen LogP contribution is 2.50. The number of benzene rings is 1. The Balaban J connectivity index is 0.00000124. The lowest BCUT2D eigenvalue weighted by Crippen LogP contribution is -2.34. The van der Waals surface area contributed by atoms with Crippen LogP contribution in [0.2, 0.25) is 0 Å². The summed E-state index contributed by atoms with van der Waals surface area (Å²) in [6.45, 7) is 10.6. The van der Waals surface area contributed by atoms with Crippen LogP contribution in [-0.4, -0.2) is 13.1 Å². The molecule has 1 spiro atoms. The summed E-state index contributed by atoms with van der Waals surface area (Å²) in [5.41, 5.74) is 4.30. The third-order valence-electron chi connectivity index (χ3n) is 7.38. The first-order valence-corrected chi connectivity index (χ1v) is 12.5. The fourth-order valence-electron chi connectivity index (χ4n) is 5.87. The molecule has 3 unspecified atom stereocenters. The van der Waals surface area contributed by atoms with Crippen molar-refractivity contribution in [2.75, 3.05) is 18.0 Å². The summed E-state index contributed by atoms with van der Waals surface area (Å²) in [7, 11) is 0. The van der Waals surface area contributed by atoms with Gasteiger partial charge < -0.3 is 4.90 Å².